The van der Waals surface area contributed by atoms with E-state index in [2.05, 4.69) is 5.32 Å². The molecule has 58 valence electrons. The van der Waals surface area contributed by atoms with E-state index in [-0.39, 0.29) is 6.04 Å². The predicted molar refractivity (Wildman–Crippen MR) is 36.6 cm³/mol. The van der Waals surface area contributed by atoms with E-state index >= 15 is 0 Å². The molecule has 1 fully saturated rings. The normalized spacial score (nSPS) is 33.7. The highest BCUT2D eigenvalue weighted by molar-refractivity contribution is 5.74. The zero-order chi connectivity index (χ0) is 7.56. The Kier molecular flexibility index (Phi) is 2.24. The zero-order valence-electron chi connectivity index (χ0n) is 5.71. The first-order valence-electron chi connectivity index (χ1n) is 3.43. The molecule has 4 N–H and O–H groups in total. The van der Waals surface area contributed by atoms with Crippen molar-refractivity contribution in [3.63, 3.8) is 0 Å². The summed E-state index contributed by atoms with van der Waals surface area (Å²) in [5.74, 6) is -0.841. The lowest BCUT2D eigenvalue weighted by molar-refractivity contribution is -0.140. The van der Waals surface area contributed by atoms with Gasteiger partial charge in [0.25, 0.3) is 0 Å². The number of piperidine rings is 1. The molecule has 0 aliphatic carbocycles. The number of carboxylic acid groups (broad SMARTS) is 1. The molecule has 0 spiro atoms. The molecule has 1 saturated heterocycles. The van der Waals surface area contributed by atoms with Crippen molar-refractivity contribution in [3.8, 4) is 0 Å². The van der Waals surface area contributed by atoms with E-state index in [1.807, 2.05) is 0 Å². The Labute approximate surface area is 59.4 Å². The number of carboxylic acids is 1. The van der Waals surface area contributed by atoms with Crippen LogP contribution in [0, 0.1) is 0 Å². The molecule has 1 rings (SSSR count). The van der Waals surface area contributed by atoms with Crippen LogP contribution in [0.3, 0.4) is 0 Å². The lowest BCUT2D eigenvalue weighted by Crippen LogP contribution is -2.53. The smallest absolute Gasteiger partial charge is 0.322 e. The Morgan fingerprint density at radius 3 is 2.80 bits per heavy atom. The SMILES string of the molecule is N[C@@H]1CCCN[C@H]1C(=O)O. The summed E-state index contributed by atoms with van der Waals surface area (Å²) in [5.41, 5.74) is 5.54. The van der Waals surface area contributed by atoms with Crippen molar-refractivity contribution in [2.45, 2.75) is 24.9 Å². The van der Waals surface area contributed by atoms with Crippen LogP contribution in [0.4, 0.5) is 0 Å². The maximum atomic E-state index is 10.4. The molecule has 1 heterocycles. The third-order valence-electron chi connectivity index (χ3n) is 1.77. The fraction of sp³-hybridized carbons (Fsp3) is 0.833. The number of aliphatic carboxylic acids is 1. The molecule has 4 heteroatoms. The monoisotopic (exact) mass is 144 g/mol. The maximum Gasteiger partial charge on any atom is 0.322 e. The first-order chi connectivity index (χ1) is 4.72. The Morgan fingerprint density at radius 1 is 1.70 bits per heavy atom. The number of hydrogen-bond donors (Lipinski definition) is 3. The molecule has 0 aromatic heterocycles. The number of hydrogen-bond acceptors (Lipinski definition) is 3. The van der Waals surface area contributed by atoms with Crippen molar-refractivity contribution in [2.75, 3.05) is 6.54 Å². The Bertz CT molecular complexity index is 138. The topological polar surface area (TPSA) is 75.3 Å². The zero-order valence-corrected chi connectivity index (χ0v) is 5.71. The summed E-state index contributed by atoms with van der Waals surface area (Å²) in [6, 6.07) is -0.750. The molecule has 0 bridgehead atoms. The molecule has 0 aromatic rings. The minimum atomic E-state index is -0.841. The van der Waals surface area contributed by atoms with E-state index in [0.29, 0.717) is 0 Å². The fourth-order valence-electron chi connectivity index (χ4n) is 1.18. The van der Waals surface area contributed by atoms with Crippen LogP contribution in [0.5, 0.6) is 0 Å². The van der Waals surface area contributed by atoms with Gasteiger partial charge in [0.15, 0.2) is 0 Å². The molecule has 0 amide bonds. The molecular weight excluding hydrogens is 132 g/mol. The molecule has 2 atom stereocenters. The van der Waals surface area contributed by atoms with Crippen LogP contribution < -0.4 is 11.1 Å². The van der Waals surface area contributed by atoms with Gasteiger partial charge < -0.3 is 16.2 Å². The second kappa shape index (κ2) is 2.98. The van der Waals surface area contributed by atoms with Crippen LogP contribution in [-0.4, -0.2) is 29.7 Å². The van der Waals surface area contributed by atoms with E-state index < -0.39 is 12.0 Å². The van der Waals surface area contributed by atoms with Crippen LogP contribution >= 0.6 is 0 Å². The Hall–Kier alpha value is -0.610. The van der Waals surface area contributed by atoms with Gasteiger partial charge in [-0.15, -0.1) is 0 Å². The molecule has 0 saturated carbocycles. The van der Waals surface area contributed by atoms with Crippen LogP contribution in [0.1, 0.15) is 12.8 Å². The van der Waals surface area contributed by atoms with Crippen LogP contribution in [-0.2, 0) is 4.79 Å². The predicted octanol–water partition coefficient (Wildman–Crippen LogP) is -0.850. The van der Waals surface area contributed by atoms with Crippen LogP contribution in [0.2, 0.25) is 0 Å². The van der Waals surface area contributed by atoms with Gasteiger partial charge in [0.1, 0.15) is 6.04 Å². The standard InChI is InChI=1S/C6H12N2O2/c7-4-2-1-3-8-5(4)6(9)10/h4-5,8H,1-3,7H2,(H,9,10)/t4-,5-/m1/s1. The number of carbonyl (C=O) groups is 1. The van der Waals surface area contributed by atoms with E-state index in [9.17, 15) is 4.79 Å². The Morgan fingerprint density at radius 2 is 2.40 bits per heavy atom. The second-order valence-corrected chi connectivity index (χ2v) is 2.58. The highest BCUT2D eigenvalue weighted by atomic mass is 16.4. The fourth-order valence-corrected chi connectivity index (χ4v) is 1.18. The third kappa shape index (κ3) is 1.46. The first-order valence-corrected chi connectivity index (χ1v) is 3.43. The molecule has 1 aliphatic heterocycles. The molecule has 0 aromatic carbocycles. The van der Waals surface area contributed by atoms with E-state index in [1.165, 1.54) is 0 Å². The van der Waals surface area contributed by atoms with Crippen molar-refractivity contribution in [1.82, 2.24) is 5.32 Å². The highest BCUT2D eigenvalue weighted by Gasteiger charge is 2.26. The van der Waals surface area contributed by atoms with Crippen molar-refractivity contribution in [2.24, 2.45) is 5.73 Å². The van der Waals surface area contributed by atoms with Crippen LogP contribution in [0.15, 0.2) is 0 Å². The maximum absolute atomic E-state index is 10.4. The van der Waals surface area contributed by atoms with Crippen molar-refractivity contribution < 1.29 is 9.90 Å². The van der Waals surface area contributed by atoms with Gasteiger partial charge >= 0.3 is 5.97 Å². The van der Waals surface area contributed by atoms with Crippen molar-refractivity contribution >= 4 is 5.97 Å². The lowest BCUT2D eigenvalue weighted by atomic mass is 10.00. The van der Waals surface area contributed by atoms with Crippen molar-refractivity contribution in [3.05, 3.63) is 0 Å². The molecule has 1 aliphatic rings. The minimum Gasteiger partial charge on any atom is -0.480 e. The summed E-state index contributed by atoms with van der Waals surface area (Å²) in [4.78, 5) is 10.4. The number of nitrogens with one attached hydrogen (secondary N) is 1. The van der Waals surface area contributed by atoms with Gasteiger partial charge in [0.05, 0.1) is 0 Å². The summed E-state index contributed by atoms with van der Waals surface area (Å²) >= 11 is 0. The molecule has 0 unspecified atom stereocenters. The number of nitrogens with two attached hydrogens (primary N) is 1. The first kappa shape index (κ1) is 7.50. The summed E-state index contributed by atoms with van der Waals surface area (Å²) in [6.45, 7) is 0.769. The largest absolute Gasteiger partial charge is 0.480 e. The quantitative estimate of drug-likeness (QED) is 0.448. The van der Waals surface area contributed by atoms with Gasteiger partial charge in [-0.2, -0.15) is 0 Å². The molecule has 10 heavy (non-hydrogen) atoms. The van der Waals surface area contributed by atoms with Gasteiger partial charge in [0.2, 0.25) is 0 Å². The second-order valence-electron chi connectivity index (χ2n) is 2.58. The van der Waals surface area contributed by atoms with E-state index in [4.69, 9.17) is 10.8 Å². The summed E-state index contributed by atoms with van der Waals surface area (Å²) < 4.78 is 0. The summed E-state index contributed by atoms with van der Waals surface area (Å²) in [5, 5.41) is 11.4. The Balaban J connectivity index is 2.47. The summed E-state index contributed by atoms with van der Waals surface area (Å²) in [6.07, 6.45) is 1.79. The van der Waals surface area contributed by atoms with Gasteiger partial charge in [-0.1, -0.05) is 0 Å². The molecule has 0 radical (unpaired) electrons. The van der Waals surface area contributed by atoms with Gasteiger partial charge in [-0.3, -0.25) is 4.79 Å². The van der Waals surface area contributed by atoms with Gasteiger partial charge in [-0.25, -0.2) is 0 Å². The molecular formula is C6H12N2O2. The minimum absolute atomic E-state index is 0.216. The molecule has 4 nitrogen and oxygen atoms in total. The average Bonchev–Trinajstić information content (AvgIpc) is 1.88. The van der Waals surface area contributed by atoms with Gasteiger partial charge in [-0.05, 0) is 19.4 Å². The third-order valence-corrected chi connectivity index (χ3v) is 1.77. The van der Waals surface area contributed by atoms with E-state index in [1.54, 1.807) is 0 Å². The van der Waals surface area contributed by atoms with E-state index in [0.717, 1.165) is 19.4 Å². The lowest BCUT2D eigenvalue weighted by Gasteiger charge is -2.25. The summed E-state index contributed by atoms with van der Waals surface area (Å²) in [7, 11) is 0. The van der Waals surface area contributed by atoms with Gasteiger partial charge in [0, 0.05) is 6.04 Å². The highest BCUT2D eigenvalue weighted by Crippen LogP contribution is 2.05. The van der Waals surface area contributed by atoms with Crippen LogP contribution in [0.25, 0.3) is 0 Å². The number of rotatable bonds is 1. The average molecular weight is 144 g/mol. The van der Waals surface area contributed by atoms with Crippen molar-refractivity contribution in [1.29, 1.82) is 0 Å².